The van der Waals surface area contributed by atoms with Crippen molar-refractivity contribution < 1.29 is 13.0 Å². The summed E-state index contributed by atoms with van der Waals surface area (Å²) in [5, 5.41) is 0. The van der Waals surface area contributed by atoms with Crippen LogP contribution in [0.4, 0.5) is 0 Å². The van der Waals surface area contributed by atoms with Crippen molar-refractivity contribution in [3.8, 4) is 0 Å². The summed E-state index contributed by atoms with van der Waals surface area (Å²) in [4.78, 5) is 7.17. The molecule has 0 amide bonds. The van der Waals surface area contributed by atoms with Crippen LogP contribution in [0.2, 0.25) is 0 Å². The predicted octanol–water partition coefficient (Wildman–Crippen LogP) is 1.56. The van der Waals surface area contributed by atoms with Crippen molar-refractivity contribution in [1.82, 2.24) is 9.97 Å². The third-order valence-electron chi connectivity index (χ3n) is 1.87. The molecule has 0 bridgehead atoms. The second-order valence-electron chi connectivity index (χ2n) is 3.11. The lowest BCUT2D eigenvalue weighted by atomic mass is 10.2. The minimum atomic E-state index is -3.98. The van der Waals surface area contributed by atoms with Gasteiger partial charge < -0.3 is 4.98 Å². The zero-order valence-corrected chi connectivity index (χ0v) is 10.4. The Labute approximate surface area is 99.8 Å². The van der Waals surface area contributed by atoms with Crippen LogP contribution in [0, 0.1) is 3.83 Å². The number of fused-ring (bicyclic) bond motifs is 1. The van der Waals surface area contributed by atoms with Gasteiger partial charge in [-0.15, -0.1) is 0 Å². The van der Waals surface area contributed by atoms with Crippen LogP contribution in [0.5, 0.6) is 0 Å². The van der Waals surface area contributed by atoms with E-state index >= 15 is 0 Å². The average Bonchev–Trinajstić information content (AvgIpc) is 2.40. The van der Waals surface area contributed by atoms with Gasteiger partial charge in [0.15, 0.2) is 3.83 Å². The van der Waals surface area contributed by atoms with Gasteiger partial charge in [-0.25, -0.2) is 4.98 Å². The molecular weight excluding hydrogens is 331 g/mol. The number of aromatic nitrogens is 2. The third-order valence-corrected chi connectivity index (χ3v) is 3.08. The van der Waals surface area contributed by atoms with Crippen molar-refractivity contribution >= 4 is 43.7 Å². The monoisotopic (exact) mass is 338 g/mol. The van der Waals surface area contributed by atoms with Gasteiger partial charge in [0.25, 0.3) is 10.1 Å². The van der Waals surface area contributed by atoms with E-state index in [-0.39, 0.29) is 5.75 Å². The summed E-state index contributed by atoms with van der Waals surface area (Å²) < 4.78 is 30.8. The molecular formula is C8H7IN2O3S. The number of hydrogen-bond donors (Lipinski definition) is 2. The number of aromatic amines is 1. The average molecular weight is 338 g/mol. The van der Waals surface area contributed by atoms with E-state index in [1.54, 1.807) is 18.2 Å². The molecule has 0 saturated heterocycles. The maximum atomic E-state index is 10.7. The molecule has 7 heteroatoms. The topological polar surface area (TPSA) is 83.0 Å². The lowest BCUT2D eigenvalue weighted by Crippen LogP contribution is -2.01. The molecule has 0 fully saturated rings. The number of nitrogens with zero attached hydrogens (tertiary/aromatic N) is 1. The van der Waals surface area contributed by atoms with E-state index in [1.807, 2.05) is 22.6 Å². The molecule has 80 valence electrons. The summed E-state index contributed by atoms with van der Waals surface area (Å²) in [6.07, 6.45) is 0. The fourth-order valence-corrected chi connectivity index (χ4v) is 2.47. The summed E-state index contributed by atoms with van der Waals surface area (Å²) >= 11 is 2.04. The fraction of sp³-hybridized carbons (Fsp3) is 0.125. The van der Waals surface area contributed by atoms with Crippen LogP contribution >= 0.6 is 22.6 Å². The van der Waals surface area contributed by atoms with Crippen LogP contribution < -0.4 is 0 Å². The highest BCUT2D eigenvalue weighted by molar-refractivity contribution is 14.1. The van der Waals surface area contributed by atoms with E-state index in [1.165, 1.54) is 0 Å². The Morgan fingerprint density at radius 2 is 2.20 bits per heavy atom. The minimum absolute atomic E-state index is 0.383. The van der Waals surface area contributed by atoms with Gasteiger partial charge in [0.05, 0.1) is 11.0 Å². The highest BCUT2D eigenvalue weighted by Gasteiger charge is 2.08. The third kappa shape index (κ3) is 2.67. The zero-order valence-electron chi connectivity index (χ0n) is 7.44. The first kappa shape index (κ1) is 10.8. The van der Waals surface area contributed by atoms with E-state index in [0.717, 1.165) is 9.35 Å². The molecule has 0 aliphatic rings. The second-order valence-corrected chi connectivity index (χ2v) is 5.58. The van der Waals surface area contributed by atoms with Gasteiger partial charge in [0, 0.05) is 0 Å². The van der Waals surface area contributed by atoms with E-state index in [0.29, 0.717) is 11.1 Å². The van der Waals surface area contributed by atoms with Gasteiger partial charge in [-0.2, -0.15) is 8.42 Å². The first-order valence-electron chi connectivity index (χ1n) is 4.03. The van der Waals surface area contributed by atoms with Crippen molar-refractivity contribution in [2.75, 3.05) is 0 Å². The maximum absolute atomic E-state index is 10.7. The number of benzene rings is 1. The van der Waals surface area contributed by atoms with Crippen molar-refractivity contribution in [1.29, 1.82) is 0 Å². The van der Waals surface area contributed by atoms with Crippen LogP contribution in [-0.4, -0.2) is 22.9 Å². The number of H-pyrrole nitrogens is 1. The van der Waals surface area contributed by atoms with Crippen LogP contribution in [0.25, 0.3) is 11.0 Å². The van der Waals surface area contributed by atoms with Gasteiger partial charge in [-0.3, -0.25) is 4.55 Å². The number of hydrogen-bond acceptors (Lipinski definition) is 3. The molecule has 2 rings (SSSR count). The highest BCUT2D eigenvalue weighted by Crippen LogP contribution is 2.16. The Bertz CT molecular complexity index is 605. The predicted molar refractivity (Wildman–Crippen MR) is 64.1 cm³/mol. The molecule has 0 atom stereocenters. The SMILES string of the molecule is O=S(=O)(O)Cc1ccc2[nH]c(I)nc2c1. The molecule has 0 spiro atoms. The Kier molecular flexibility index (Phi) is 2.69. The fourth-order valence-electron chi connectivity index (χ4n) is 1.32. The molecule has 0 saturated carbocycles. The van der Waals surface area contributed by atoms with Crippen molar-refractivity contribution in [2.45, 2.75) is 5.75 Å². The van der Waals surface area contributed by atoms with Crippen LogP contribution in [0.1, 0.15) is 5.56 Å². The summed E-state index contributed by atoms with van der Waals surface area (Å²) in [6, 6.07) is 5.02. The van der Waals surface area contributed by atoms with E-state index in [9.17, 15) is 8.42 Å². The molecule has 0 unspecified atom stereocenters. The Hall–Kier alpha value is -0.670. The Balaban J connectivity index is 2.47. The van der Waals surface area contributed by atoms with E-state index < -0.39 is 10.1 Å². The van der Waals surface area contributed by atoms with Gasteiger partial charge in [-0.1, -0.05) is 6.07 Å². The van der Waals surface area contributed by atoms with Crippen LogP contribution in [-0.2, 0) is 15.9 Å². The first-order chi connectivity index (χ1) is 6.94. The molecule has 2 N–H and O–H groups in total. The van der Waals surface area contributed by atoms with Gasteiger partial charge >= 0.3 is 0 Å². The maximum Gasteiger partial charge on any atom is 0.269 e. The van der Waals surface area contributed by atoms with Gasteiger partial charge in [0.1, 0.15) is 5.75 Å². The molecule has 0 aliphatic carbocycles. The van der Waals surface area contributed by atoms with Crippen molar-refractivity contribution in [3.63, 3.8) is 0 Å². The number of nitrogens with one attached hydrogen (secondary N) is 1. The number of halogens is 1. The highest BCUT2D eigenvalue weighted by atomic mass is 127. The molecule has 15 heavy (non-hydrogen) atoms. The molecule has 0 radical (unpaired) electrons. The largest absolute Gasteiger partial charge is 0.333 e. The lowest BCUT2D eigenvalue weighted by Gasteiger charge is -1.97. The Morgan fingerprint density at radius 1 is 1.47 bits per heavy atom. The summed E-state index contributed by atoms with van der Waals surface area (Å²) in [6.45, 7) is 0. The smallest absolute Gasteiger partial charge is 0.269 e. The molecule has 2 aromatic rings. The first-order valence-corrected chi connectivity index (χ1v) is 6.72. The van der Waals surface area contributed by atoms with Gasteiger partial charge in [0.2, 0.25) is 0 Å². The van der Waals surface area contributed by atoms with Gasteiger partial charge in [-0.05, 0) is 40.3 Å². The van der Waals surface area contributed by atoms with Crippen LogP contribution in [0.15, 0.2) is 18.2 Å². The summed E-state index contributed by atoms with van der Waals surface area (Å²) in [5.74, 6) is -0.383. The minimum Gasteiger partial charge on any atom is -0.333 e. The molecule has 5 nitrogen and oxygen atoms in total. The Morgan fingerprint density at radius 3 is 2.87 bits per heavy atom. The normalized spacial score (nSPS) is 12.1. The zero-order chi connectivity index (χ0) is 11.1. The molecule has 1 aromatic carbocycles. The van der Waals surface area contributed by atoms with Crippen molar-refractivity contribution in [3.05, 3.63) is 27.6 Å². The quantitative estimate of drug-likeness (QED) is 0.643. The van der Waals surface area contributed by atoms with E-state index in [4.69, 9.17) is 4.55 Å². The van der Waals surface area contributed by atoms with Crippen molar-refractivity contribution in [2.24, 2.45) is 0 Å². The second kappa shape index (κ2) is 3.72. The molecule has 0 aliphatic heterocycles. The summed E-state index contributed by atoms with van der Waals surface area (Å²) in [5.41, 5.74) is 2.06. The standard InChI is InChI=1S/C8H7IN2O3S/c9-8-10-6-2-1-5(3-7(6)11-8)4-15(12,13)14/h1-3H,4H2,(H,10,11)(H,12,13,14). The number of rotatable bonds is 2. The number of imidazole rings is 1. The van der Waals surface area contributed by atoms with Crippen LogP contribution in [0.3, 0.4) is 0 Å². The molecule has 1 aromatic heterocycles. The lowest BCUT2D eigenvalue weighted by molar-refractivity contribution is 0.482. The molecule has 1 heterocycles. The van der Waals surface area contributed by atoms with E-state index in [2.05, 4.69) is 9.97 Å². The summed E-state index contributed by atoms with van der Waals surface area (Å²) in [7, 11) is -3.98.